The molecule has 0 unspecified atom stereocenters. The summed E-state index contributed by atoms with van der Waals surface area (Å²) in [5.74, 6) is 0. The monoisotopic (exact) mass is 670 g/mol. The van der Waals surface area contributed by atoms with E-state index in [4.69, 9.17) is 0 Å². The highest BCUT2D eigenvalue weighted by atomic mass is 14.3. The Morgan fingerprint density at radius 3 is 1.04 bits per heavy atom. The molecule has 0 N–H and O–H groups in total. The van der Waals surface area contributed by atoms with Crippen LogP contribution in [0, 0.1) is 0 Å². The lowest BCUT2D eigenvalue weighted by Crippen LogP contribution is -2.10. The predicted molar refractivity (Wildman–Crippen MR) is 226 cm³/mol. The first-order chi connectivity index (χ1) is 25.1. The van der Waals surface area contributed by atoms with E-state index in [1.807, 2.05) is 0 Å². The van der Waals surface area contributed by atoms with E-state index in [9.17, 15) is 0 Å². The first kappa shape index (κ1) is 33.4. The largest absolute Gasteiger partial charge is 0.0622 e. The molecule has 0 bridgehead atoms. The van der Waals surface area contributed by atoms with E-state index in [1.165, 1.54) is 88.3 Å². The van der Waals surface area contributed by atoms with Crippen LogP contribution in [0.3, 0.4) is 0 Å². The van der Waals surface area contributed by atoms with Gasteiger partial charge in [-0.3, -0.25) is 0 Å². The van der Waals surface area contributed by atoms with Crippen LogP contribution >= 0.6 is 0 Å². The Balaban J connectivity index is 1.48. The molecular formula is C52H46. The van der Waals surface area contributed by atoms with Gasteiger partial charge in [0.1, 0.15) is 0 Å². The Bertz CT molecular complexity index is 2400. The zero-order chi connectivity index (χ0) is 36.0. The van der Waals surface area contributed by atoms with Crippen LogP contribution in [-0.4, -0.2) is 0 Å². The van der Waals surface area contributed by atoms with Crippen LogP contribution in [0.25, 0.3) is 77.2 Å². The molecule has 0 aliphatic heterocycles. The molecule has 0 heterocycles. The second kappa shape index (κ2) is 13.1. The smallest absolute Gasteiger partial charge is 0.00139 e. The zero-order valence-electron chi connectivity index (χ0n) is 31.2. The van der Waals surface area contributed by atoms with Crippen molar-refractivity contribution in [2.75, 3.05) is 0 Å². The molecule has 0 spiro atoms. The summed E-state index contributed by atoms with van der Waals surface area (Å²) >= 11 is 0. The summed E-state index contributed by atoms with van der Waals surface area (Å²) in [4.78, 5) is 0. The predicted octanol–water partition coefficient (Wildman–Crippen LogP) is 14.9. The first-order valence-electron chi connectivity index (χ1n) is 18.5. The Morgan fingerprint density at radius 2 is 0.596 bits per heavy atom. The molecule has 254 valence electrons. The lowest BCUT2D eigenvalue weighted by Gasteiger charge is -2.24. The number of hydrogen-bond acceptors (Lipinski definition) is 0. The Kier molecular flexibility index (Phi) is 8.43. The molecule has 0 atom stereocenters. The summed E-state index contributed by atoms with van der Waals surface area (Å²) in [7, 11) is 0. The van der Waals surface area contributed by atoms with E-state index in [0.29, 0.717) is 0 Å². The summed E-state index contributed by atoms with van der Waals surface area (Å²) in [6, 6.07) is 63.2. The van der Waals surface area contributed by atoms with Crippen molar-refractivity contribution in [2.45, 2.75) is 52.4 Å². The standard InChI is InChI=1S/C52H46/c1-51(2,3)38-31-27-36(28-32-38)41-25-16-26-42(37-29-33-39(34-30-37)52(4,5)6)49(41)50-46-23-14-12-21-44(46)48(45-22-13-15-24-47(45)50)43-20-11-10-19-40(43)35-17-8-7-9-18-35/h7-34H,1-6H3. The fourth-order valence-electron chi connectivity index (χ4n) is 7.86. The van der Waals surface area contributed by atoms with Gasteiger partial charge >= 0.3 is 0 Å². The lowest BCUT2D eigenvalue weighted by molar-refractivity contribution is 0.590. The number of hydrogen-bond donors (Lipinski definition) is 0. The van der Waals surface area contributed by atoms with Crippen LogP contribution in [0.1, 0.15) is 52.7 Å². The van der Waals surface area contributed by atoms with Crippen molar-refractivity contribution in [2.24, 2.45) is 0 Å². The third-order valence-electron chi connectivity index (χ3n) is 10.7. The van der Waals surface area contributed by atoms with Crippen molar-refractivity contribution < 1.29 is 0 Å². The Labute approximate surface area is 309 Å². The van der Waals surface area contributed by atoms with Gasteiger partial charge in [0, 0.05) is 0 Å². The van der Waals surface area contributed by atoms with Crippen LogP contribution in [-0.2, 0) is 10.8 Å². The molecule has 52 heavy (non-hydrogen) atoms. The van der Waals surface area contributed by atoms with Crippen molar-refractivity contribution in [3.8, 4) is 55.6 Å². The van der Waals surface area contributed by atoms with Crippen molar-refractivity contribution in [1.29, 1.82) is 0 Å². The maximum Gasteiger partial charge on any atom is -0.00139 e. The highest BCUT2D eigenvalue weighted by molar-refractivity contribution is 6.24. The minimum absolute atomic E-state index is 0.0796. The minimum atomic E-state index is 0.0796. The van der Waals surface area contributed by atoms with Gasteiger partial charge < -0.3 is 0 Å². The molecule has 8 aromatic carbocycles. The molecule has 8 aromatic rings. The lowest BCUT2D eigenvalue weighted by atomic mass is 9.79. The van der Waals surface area contributed by atoms with E-state index in [1.54, 1.807) is 0 Å². The topological polar surface area (TPSA) is 0 Å². The summed E-state index contributed by atoms with van der Waals surface area (Å²) in [5, 5.41) is 5.02. The van der Waals surface area contributed by atoms with E-state index in [-0.39, 0.29) is 10.8 Å². The number of rotatable bonds is 5. The summed E-state index contributed by atoms with van der Waals surface area (Å²) in [5.41, 5.74) is 15.3. The Hall–Kier alpha value is -5.72. The molecule has 0 amide bonds. The molecule has 0 fully saturated rings. The summed E-state index contributed by atoms with van der Waals surface area (Å²) in [6.45, 7) is 13.7. The SMILES string of the molecule is CC(C)(C)c1ccc(-c2cccc(-c3ccc(C(C)(C)C)cc3)c2-c2c3ccccc3c(-c3ccccc3-c3ccccc3)c3ccccc23)cc1. The number of benzene rings is 8. The summed E-state index contributed by atoms with van der Waals surface area (Å²) in [6.07, 6.45) is 0. The van der Waals surface area contributed by atoms with Gasteiger partial charge in [0.25, 0.3) is 0 Å². The Morgan fingerprint density at radius 1 is 0.250 bits per heavy atom. The fraction of sp³-hybridized carbons (Fsp3) is 0.154. The van der Waals surface area contributed by atoms with E-state index < -0.39 is 0 Å². The van der Waals surface area contributed by atoms with Gasteiger partial charge in [-0.25, -0.2) is 0 Å². The zero-order valence-corrected chi connectivity index (χ0v) is 31.2. The van der Waals surface area contributed by atoms with Gasteiger partial charge in [-0.1, -0.05) is 211 Å². The average molecular weight is 671 g/mol. The molecule has 0 aliphatic rings. The third-order valence-corrected chi connectivity index (χ3v) is 10.7. The van der Waals surface area contributed by atoms with Crippen molar-refractivity contribution in [3.05, 3.63) is 181 Å². The second-order valence-electron chi connectivity index (χ2n) is 16.1. The van der Waals surface area contributed by atoms with Crippen molar-refractivity contribution in [3.63, 3.8) is 0 Å². The van der Waals surface area contributed by atoms with Gasteiger partial charge in [-0.2, -0.15) is 0 Å². The molecule has 0 radical (unpaired) electrons. The molecule has 0 aliphatic carbocycles. The number of fused-ring (bicyclic) bond motifs is 2. The first-order valence-corrected chi connectivity index (χ1v) is 18.5. The molecule has 0 saturated carbocycles. The van der Waals surface area contributed by atoms with E-state index >= 15 is 0 Å². The quantitative estimate of drug-likeness (QED) is 0.160. The molecule has 0 aromatic heterocycles. The van der Waals surface area contributed by atoms with Crippen LogP contribution < -0.4 is 0 Å². The average Bonchev–Trinajstić information content (AvgIpc) is 3.16. The van der Waals surface area contributed by atoms with Gasteiger partial charge in [0.15, 0.2) is 0 Å². The minimum Gasteiger partial charge on any atom is -0.0622 e. The fourth-order valence-corrected chi connectivity index (χ4v) is 7.86. The highest BCUT2D eigenvalue weighted by Crippen LogP contribution is 2.50. The second-order valence-corrected chi connectivity index (χ2v) is 16.1. The summed E-state index contributed by atoms with van der Waals surface area (Å²) < 4.78 is 0. The van der Waals surface area contributed by atoms with Gasteiger partial charge in [0.05, 0.1) is 0 Å². The van der Waals surface area contributed by atoms with E-state index in [0.717, 1.165) is 0 Å². The van der Waals surface area contributed by atoms with Gasteiger partial charge in [-0.15, -0.1) is 0 Å². The van der Waals surface area contributed by atoms with Crippen molar-refractivity contribution >= 4 is 21.5 Å². The molecular weight excluding hydrogens is 625 g/mol. The molecule has 0 saturated heterocycles. The van der Waals surface area contributed by atoms with Crippen LogP contribution in [0.5, 0.6) is 0 Å². The van der Waals surface area contributed by atoms with Crippen molar-refractivity contribution in [1.82, 2.24) is 0 Å². The normalized spacial score (nSPS) is 12.0. The molecule has 8 rings (SSSR count). The van der Waals surface area contributed by atoms with Gasteiger partial charge in [-0.05, 0) is 99.1 Å². The van der Waals surface area contributed by atoms with Crippen LogP contribution in [0.15, 0.2) is 170 Å². The maximum absolute atomic E-state index is 2.33. The van der Waals surface area contributed by atoms with E-state index in [2.05, 4.69) is 211 Å². The third kappa shape index (κ3) is 6.03. The van der Waals surface area contributed by atoms with Crippen LogP contribution in [0.4, 0.5) is 0 Å². The molecule has 0 heteroatoms. The molecule has 0 nitrogen and oxygen atoms in total. The maximum atomic E-state index is 2.33. The van der Waals surface area contributed by atoms with Gasteiger partial charge in [0.2, 0.25) is 0 Å². The van der Waals surface area contributed by atoms with Crippen LogP contribution in [0.2, 0.25) is 0 Å². The highest BCUT2D eigenvalue weighted by Gasteiger charge is 2.24.